The molecule has 0 saturated carbocycles. The van der Waals surface area contributed by atoms with Crippen molar-refractivity contribution in [1.29, 1.82) is 0 Å². The van der Waals surface area contributed by atoms with Crippen LogP contribution in [-0.2, 0) is 11.2 Å². The number of rotatable bonds is 7. The van der Waals surface area contributed by atoms with E-state index in [2.05, 4.69) is 35.7 Å². The van der Waals surface area contributed by atoms with E-state index in [0.717, 1.165) is 45.1 Å². The summed E-state index contributed by atoms with van der Waals surface area (Å²) in [5.41, 5.74) is 0.688. The molecule has 9 heteroatoms. The van der Waals surface area contributed by atoms with Gasteiger partial charge in [-0.05, 0) is 37.3 Å². The van der Waals surface area contributed by atoms with E-state index < -0.39 is 0 Å². The zero-order valence-corrected chi connectivity index (χ0v) is 17.6. The molecule has 2 fully saturated rings. The van der Waals surface area contributed by atoms with Crippen LogP contribution in [0.2, 0.25) is 0 Å². The van der Waals surface area contributed by atoms with Crippen LogP contribution >= 0.6 is 0 Å². The summed E-state index contributed by atoms with van der Waals surface area (Å²) < 4.78 is 10.8. The molecule has 0 aromatic carbocycles. The highest BCUT2D eigenvalue weighted by molar-refractivity contribution is 5.79. The highest BCUT2D eigenvalue weighted by Gasteiger charge is 2.24. The summed E-state index contributed by atoms with van der Waals surface area (Å²) in [6.45, 7) is 5.97. The lowest BCUT2D eigenvalue weighted by Gasteiger charge is -2.34. The van der Waals surface area contributed by atoms with Gasteiger partial charge in [0.1, 0.15) is 5.69 Å². The first-order chi connectivity index (χ1) is 14.8. The van der Waals surface area contributed by atoms with Crippen LogP contribution in [0.15, 0.2) is 33.9 Å². The monoisotopic (exact) mass is 413 g/mol. The van der Waals surface area contributed by atoms with E-state index in [0.29, 0.717) is 42.3 Å². The van der Waals surface area contributed by atoms with E-state index in [1.807, 2.05) is 18.2 Å². The first-order valence-corrected chi connectivity index (χ1v) is 10.8. The van der Waals surface area contributed by atoms with Gasteiger partial charge in [0, 0.05) is 58.5 Å². The lowest BCUT2D eigenvalue weighted by Crippen LogP contribution is -2.49. The molecular weight excluding hydrogens is 382 g/mol. The second kappa shape index (κ2) is 10.5. The number of likely N-dealkylation sites (tertiary alicyclic amines) is 1. The van der Waals surface area contributed by atoms with Crippen molar-refractivity contribution in [3.05, 3.63) is 30.2 Å². The van der Waals surface area contributed by atoms with Crippen molar-refractivity contribution in [1.82, 2.24) is 30.7 Å². The topological polar surface area (TPSA) is 101 Å². The number of guanidine groups is 1. The third-order valence-corrected chi connectivity index (χ3v) is 5.69. The number of nitrogens with one attached hydrogen (secondary N) is 2. The highest BCUT2D eigenvalue weighted by atomic mass is 16.5. The van der Waals surface area contributed by atoms with Gasteiger partial charge in [-0.15, -0.1) is 0 Å². The van der Waals surface area contributed by atoms with Gasteiger partial charge < -0.3 is 24.8 Å². The van der Waals surface area contributed by atoms with Crippen LogP contribution in [0.25, 0.3) is 11.6 Å². The Bertz CT molecular complexity index is 797. The minimum Gasteiger partial charge on any atom is -0.381 e. The summed E-state index contributed by atoms with van der Waals surface area (Å²) in [7, 11) is 1.80. The Kier molecular flexibility index (Phi) is 7.25. The molecule has 0 spiro atoms. The fourth-order valence-corrected chi connectivity index (χ4v) is 3.98. The Balaban J connectivity index is 1.16. The van der Waals surface area contributed by atoms with Crippen LogP contribution in [0.5, 0.6) is 0 Å². The molecule has 2 N–H and O–H groups in total. The number of hydrogen-bond acceptors (Lipinski definition) is 7. The van der Waals surface area contributed by atoms with Crippen LogP contribution in [0, 0.1) is 5.92 Å². The maximum atomic E-state index is 5.50. The Hall–Kier alpha value is -2.52. The Labute approximate surface area is 177 Å². The minimum atomic E-state index is 0.448. The van der Waals surface area contributed by atoms with E-state index in [9.17, 15) is 0 Å². The van der Waals surface area contributed by atoms with Crippen molar-refractivity contribution in [2.45, 2.75) is 31.7 Å². The largest absolute Gasteiger partial charge is 0.381 e. The van der Waals surface area contributed by atoms with Gasteiger partial charge in [0.2, 0.25) is 0 Å². The molecule has 0 bridgehead atoms. The molecule has 2 aliphatic rings. The summed E-state index contributed by atoms with van der Waals surface area (Å²) >= 11 is 0. The molecule has 1 atom stereocenters. The smallest absolute Gasteiger partial charge is 0.276 e. The summed E-state index contributed by atoms with van der Waals surface area (Å²) in [6.07, 6.45) is 5.83. The summed E-state index contributed by atoms with van der Waals surface area (Å²) in [5.74, 6) is 2.64. The average Bonchev–Trinajstić information content (AvgIpc) is 3.47. The van der Waals surface area contributed by atoms with Gasteiger partial charge in [-0.2, -0.15) is 4.98 Å². The SMILES string of the molecule is CN=C(NCCc1noc(-c2ccccn2)n1)NC1CCN(CC2CCOC2)CC1. The standard InChI is InChI=1S/C21H31N7O2/c1-22-21(25-17-6-11-28(12-7-17)14-16-8-13-29-15-16)24-10-5-19-26-20(30-27-19)18-4-2-3-9-23-18/h2-4,9,16-17H,5-8,10-15H2,1H3,(H2,22,24,25). The maximum absolute atomic E-state index is 5.50. The molecule has 2 saturated heterocycles. The van der Waals surface area contributed by atoms with E-state index >= 15 is 0 Å². The van der Waals surface area contributed by atoms with Gasteiger partial charge in [-0.25, -0.2) is 0 Å². The maximum Gasteiger partial charge on any atom is 0.276 e. The second-order valence-electron chi connectivity index (χ2n) is 7.93. The van der Waals surface area contributed by atoms with Crippen molar-refractivity contribution in [2.75, 3.05) is 46.4 Å². The molecule has 0 radical (unpaired) electrons. The number of hydrogen-bond donors (Lipinski definition) is 2. The van der Waals surface area contributed by atoms with Crippen molar-refractivity contribution >= 4 is 5.96 Å². The van der Waals surface area contributed by atoms with Gasteiger partial charge in [-0.3, -0.25) is 9.98 Å². The van der Waals surface area contributed by atoms with Gasteiger partial charge in [0.25, 0.3) is 5.89 Å². The molecule has 2 aromatic heterocycles. The number of aromatic nitrogens is 3. The minimum absolute atomic E-state index is 0.448. The quantitative estimate of drug-likeness (QED) is 0.518. The third-order valence-electron chi connectivity index (χ3n) is 5.69. The van der Waals surface area contributed by atoms with Gasteiger partial charge in [0.05, 0.1) is 6.61 Å². The van der Waals surface area contributed by atoms with Gasteiger partial charge >= 0.3 is 0 Å². The number of ether oxygens (including phenoxy) is 1. The molecule has 0 amide bonds. The van der Waals surface area contributed by atoms with Gasteiger partial charge in [-0.1, -0.05) is 11.2 Å². The van der Waals surface area contributed by atoms with Crippen molar-refractivity contribution < 1.29 is 9.26 Å². The van der Waals surface area contributed by atoms with Crippen LogP contribution in [0.1, 0.15) is 25.1 Å². The molecule has 2 aromatic rings. The molecule has 1 unspecified atom stereocenters. The normalized spacial score (nSPS) is 21.1. The van der Waals surface area contributed by atoms with Crippen LogP contribution in [0.3, 0.4) is 0 Å². The lowest BCUT2D eigenvalue weighted by atomic mass is 10.0. The molecule has 9 nitrogen and oxygen atoms in total. The van der Waals surface area contributed by atoms with E-state index in [1.54, 1.807) is 13.2 Å². The molecule has 4 heterocycles. The number of pyridine rings is 1. The number of nitrogens with zero attached hydrogens (tertiary/aromatic N) is 5. The van der Waals surface area contributed by atoms with Crippen LogP contribution < -0.4 is 10.6 Å². The van der Waals surface area contributed by atoms with Gasteiger partial charge in [0.15, 0.2) is 11.8 Å². The molecule has 4 rings (SSSR count). The van der Waals surface area contributed by atoms with Crippen LogP contribution in [-0.4, -0.2) is 78.5 Å². The van der Waals surface area contributed by atoms with E-state index in [-0.39, 0.29) is 0 Å². The Morgan fingerprint density at radius 3 is 2.90 bits per heavy atom. The summed E-state index contributed by atoms with van der Waals surface area (Å²) in [5, 5.41) is 10.9. The Morgan fingerprint density at radius 1 is 1.27 bits per heavy atom. The first kappa shape index (κ1) is 20.7. The third kappa shape index (κ3) is 5.76. The zero-order chi connectivity index (χ0) is 20.6. The average molecular weight is 414 g/mol. The summed E-state index contributed by atoms with van der Waals surface area (Å²) in [6, 6.07) is 6.07. The molecule has 30 heavy (non-hydrogen) atoms. The van der Waals surface area contributed by atoms with Crippen molar-refractivity contribution in [3.8, 4) is 11.6 Å². The van der Waals surface area contributed by atoms with E-state index in [1.165, 1.54) is 13.0 Å². The number of aliphatic imine (C=N–C) groups is 1. The summed E-state index contributed by atoms with van der Waals surface area (Å²) in [4.78, 5) is 15.6. The predicted octanol–water partition coefficient (Wildman–Crippen LogP) is 1.34. The van der Waals surface area contributed by atoms with E-state index in [4.69, 9.17) is 9.26 Å². The molecule has 162 valence electrons. The lowest BCUT2D eigenvalue weighted by molar-refractivity contribution is 0.150. The fraction of sp³-hybridized carbons (Fsp3) is 0.619. The van der Waals surface area contributed by atoms with Crippen molar-refractivity contribution in [3.63, 3.8) is 0 Å². The van der Waals surface area contributed by atoms with Crippen molar-refractivity contribution in [2.24, 2.45) is 10.9 Å². The fourth-order valence-electron chi connectivity index (χ4n) is 3.98. The zero-order valence-electron chi connectivity index (χ0n) is 17.6. The second-order valence-corrected chi connectivity index (χ2v) is 7.93. The molecule has 0 aliphatic carbocycles. The molecular formula is C21H31N7O2. The highest BCUT2D eigenvalue weighted by Crippen LogP contribution is 2.17. The first-order valence-electron chi connectivity index (χ1n) is 10.8. The van der Waals surface area contributed by atoms with Crippen LogP contribution in [0.4, 0.5) is 0 Å². The molecule has 2 aliphatic heterocycles. The number of piperidine rings is 1. The predicted molar refractivity (Wildman–Crippen MR) is 114 cm³/mol. The Morgan fingerprint density at radius 2 is 2.17 bits per heavy atom.